The summed E-state index contributed by atoms with van der Waals surface area (Å²) >= 11 is 0. The second kappa shape index (κ2) is 6.14. The minimum atomic E-state index is -4.73. The van der Waals surface area contributed by atoms with Gasteiger partial charge in [-0.05, 0) is 29.3 Å². The van der Waals surface area contributed by atoms with Gasteiger partial charge in [0, 0.05) is 24.5 Å². The molecule has 5 nitrogen and oxygen atoms in total. The Kier molecular flexibility index (Phi) is 4.16. The van der Waals surface area contributed by atoms with Crippen LogP contribution in [0.1, 0.15) is 11.3 Å². The number of hydrogen-bond acceptors (Lipinski definition) is 4. The van der Waals surface area contributed by atoms with Gasteiger partial charge in [-0.3, -0.25) is 0 Å². The summed E-state index contributed by atoms with van der Waals surface area (Å²) in [6.07, 6.45) is -1.45. The van der Waals surface area contributed by atoms with Gasteiger partial charge < -0.3 is 20.0 Å². The maximum absolute atomic E-state index is 12.2. The molecule has 3 N–H and O–H groups in total. The average molecular weight is 337 g/mol. The number of hydrogen-bond donors (Lipinski definition) is 2. The molecule has 8 heteroatoms. The van der Waals surface area contributed by atoms with Crippen molar-refractivity contribution < 1.29 is 23.0 Å². The van der Waals surface area contributed by atoms with Crippen LogP contribution in [0.25, 0.3) is 16.8 Å². The molecule has 24 heavy (non-hydrogen) atoms. The Morgan fingerprint density at radius 2 is 1.92 bits per heavy atom. The Hall–Kier alpha value is -2.58. The van der Waals surface area contributed by atoms with Crippen LogP contribution in [0, 0.1) is 0 Å². The highest BCUT2D eigenvalue weighted by atomic mass is 19.4. The Morgan fingerprint density at radius 3 is 2.50 bits per heavy atom. The predicted octanol–water partition coefficient (Wildman–Crippen LogP) is 2.85. The molecule has 0 saturated heterocycles. The number of rotatable bonds is 4. The lowest BCUT2D eigenvalue weighted by Gasteiger charge is -2.14. The molecule has 0 radical (unpaired) electrons. The fourth-order valence-electron chi connectivity index (χ4n) is 2.60. The van der Waals surface area contributed by atoms with E-state index in [4.69, 9.17) is 5.73 Å². The lowest BCUT2D eigenvalue weighted by atomic mass is 10.0. The van der Waals surface area contributed by atoms with Crippen LogP contribution in [0.3, 0.4) is 0 Å². The van der Waals surface area contributed by atoms with Crippen molar-refractivity contribution in [2.75, 3.05) is 0 Å². The summed E-state index contributed by atoms with van der Waals surface area (Å²) in [7, 11) is 0. The summed E-state index contributed by atoms with van der Waals surface area (Å²) in [6, 6.07) is 7.30. The summed E-state index contributed by atoms with van der Waals surface area (Å²) in [6.45, 7) is 0.0182. The molecule has 0 aliphatic heterocycles. The normalized spacial score (nSPS) is 11.9. The molecule has 3 rings (SSSR count). The second-order valence-electron chi connectivity index (χ2n) is 5.09. The van der Waals surface area contributed by atoms with Gasteiger partial charge >= 0.3 is 6.36 Å². The van der Waals surface area contributed by atoms with E-state index in [1.807, 2.05) is 0 Å². The zero-order chi connectivity index (χ0) is 17.3. The standard InChI is InChI=1S/C16H14F3N3O2/c17-16(18,19)24-12-3-1-10(2-4-12)13-7-11(8-20)14(9-23)22-6-5-21-15(13)22/h1-7,23H,8-9,20H2. The third-order valence-corrected chi connectivity index (χ3v) is 3.63. The first kappa shape index (κ1) is 16.3. The van der Waals surface area contributed by atoms with Crippen molar-refractivity contribution in [3.8, 4) is 16.9 Å². The number of aromatic nitrogens is 2. The maximum Gasteiger partial charge on any atom is 0.573 e. The van der Waals surface area contributed by atoms with Gasteiger partial charge in [0.1, 0.15) is 11.4 Å². The van der Waals surface area contributed by atoms with E-state index in [2.05, 4.69) is 9.72 Å². The van der Waals surface area contributed by atoms with E-state index in [1.165, 1.54) is 24.3 Å². The van der Waals surface area contributed by atoms with E-state index < -0.39 is 6.36 Å². The van der Waals surface area contributed by atoms with Gasteiger partial charge in [-0.2, -0.15) is 0 Å². The number of nitrogens with zero attached hydrogens (tertiary/aromatic N) is 2. The number of aliphatic hydroxyl groups is 1. The van der Waals surface area contributed by atoms with Crippen molar-refractivity contribution in [2.45, 2.75) is 19.5 Å². The summed E-state index contributed by atoms with van der Waals surface area (Å²) < 4.78 is 42.3. The van der Waals surface area contributed by atoms with Gasteiger partial charge in [-0.1, -0.05) is 12.1 Å². The van der Waals surface area contributed by atoms with E-state index in [1.54, 1.807) is 22.9 Å². The quantitative estimate of drug-likeness (QED) is 0.768. The van der Waals surface area contributed by atoms with E-state index in [0.29, 0.717) is 22.5 Å². The third kappa shape index (κ3) is 3.06. The van der Waals surface area contributed by atoms with Crippen molar-refractivity contribution in [1.82, 2.24) is 9.38 Å². The number of nitrogens with two attached hydrogens (primary N) is 1. The molecule has 2 aromatic heterocycles. The number of alkyl halides is 3. The highest BCUT2D eigenvalue weighted by Gasteiger charge is 2.31. The largest absolute Gasteiger partial charge is 0.573 e. The predicted molar refractivity (Wildman–Crippen MR) is 81.1 cm³/mol. The van der Waals surface area contributed by atoms with Gasteiger partial charge in [0.2, 0.25) is 0 Å². The van der Waals surface area contributed by atoms with Gasteiger partial charge in [0.05, 0.1) is 12.3 Å². The zero-order valence-corrected chi connectivity index (χ0v) is 12.4. The summed E-state index contributed by atoms with van der Waals surface area (Å²) in [4.78, 5) is 4.26. The van der Waals surface area contributed by atoms with Crippen molar-refractivity contribution >= 4 is 5.65 Å². The molecule has 126 valence electrons. The molecule has 0 aliphatic carbocycles. The SMILES string of the molecule is NCc1cc(-c2ccc(OC(F)(F)F)cc2)c2nccn2c1CO. The Labute approximate surface area is 135 Å². The monoisotopic (exact) mass is 337 g/mol. The van der Waals surface area contributed by atoms with Crippen LogP contribution < -0.4 is 10.5 Å². The van der Waals surface area contributed by atoms with Gasteiger partial charge in [-0.15, -0.1) is 13.2 Å². The average Bonchev–Trinajstić information content (AvgIpc) is 3.02. The number of pyridine rings is 1. The first-order chi connectivity index (χ1) is 11.4. The summed E-state index contributed by atoms with van der Waals surface area (Å²) in [5, 5.41) is 9.54. The number of aliphatic hydroxyl groups excluding tert-OH is 1. The Balaban J connectivity index is 2.08. The number of imidazole rings is 1. The number of halogens is 3. The van der Waals surface area contributed by atoms with Crippen LogP contribution in [-0.4, -0.2) is 20.9 Å². The van der Waals surface area contributed by atoms with Crippen LogP contribution in [0.15, 0.2) is 42.7 Å². The lowest BCUT2D eigenvalue weighted by Crippen LogP contribution is -2.16. The molecule has 0 saturated carbocycles. The van der Waals surface area contributed by atoms with Crippen molar-refractivity contribution in [2.24, 2.45) is 5.73 Å². The molecule has 0 aliphatic rings. The molecular weight excluding hydrogens is 323 g/mol. The highest BCUT2D eigenvalue weighted by Crippen LogP contribution is 2.30. The summed E-state index contributed by atoms with van der Waals surface area (Å²) in [5.74, 6) is -0.295. The van der Waals surface area contributed by atoms with Crippen LogP contribution in [-0.2, 0) is 13.2 Å². The summed E-state index contributed by atoms with van der Waals surface area (Å²) in [5.41, 5.74) is 9.05. The Bertz CT molecular complexity index is 857. The fourth-order valence-corrected chi connectivity index (χ4v) is 2.60. The van der Waals surface area contributed by atoms with Crippen LogP contribution in [0.4, 0.5) is 13.2 Å². The van der Waals surface area contributed by atoms with Gasteiger partial charge in [0.15, 0.2) is 0 Å². The van der Waals surface area contributed by atoms with E-state index in [9.17, 15) is 18.3 Å². The first-order valence-electron chi connectivity index (χ1n) is 7.08. The molecular formula is C16H14F3N3O2. The Morgan fingerprint density at radius 1 is 1.21 bits per heavy atom. The van der Waals surface area contributed by atoms with Gasteiger partial charge in [-0.25, -0.2) is 4.98 Å². The molecule has 0 bridgehead atoms. The highest BCUT2D eigenvalue weighted by molar-refractivity contribution is 5.79. The van der Waals surface area contributed by atoms with Crippen LogP contribution in [0.5, 0.6) is 5.75 Å². The van der Waals surface area contributed by atoms with Crippen LogP contribution >= 0.6 is 0 Å². The third-order valence-electron chi connectivity index (χ3n) is 3.63. The van der Waals surface area contributed by atoms with Gasteiger partial charge in [0.25, 0.3) is 0 Å². The zero-order valence-electron chi connectivity index (χ0n) is 12.4. The number of fused-ring (bicyclic) bond motifs is 1. The smallest absolute Gasteiger partial charge is 0.406 e. The minimum Gasteiger partial charge on any atom is -0.406 e. The van der Waals surface area contributed by atoms with Crippen molar-refractivity contribution in [1.29, 1.82) is 0 Å². The topological polar surface area (TPSA) is 72.8 Å². The maximum atomic E-state index is 12.2. The molecule has 0 fully saturated rings. The van der Waals surface area contributed by atoms with Crippen LogP contribution in [0.2, 0.25) is 0 Å². The minimum absolute atomic E-state index is 0.196. The first-order valence-corrected chi connectivity index (χ1v) is 7.08. The molecule has 0 atom stereocenters. The second-order valence-corrected chi connectivity index (χ2v) is 5.09. The molecule has 1 aromatic carbocycles. The number of benzene rings is 1. The molecule has 0 unspecified atom stereocenters. The fraction of sp³-hybridized carbons (Fsp3) is 0.188. The molecule has 3 aromatic rings. The van der Waals surface area contributed by atoms with E-state index >= 15 is 0 Å². The number of ether oxygens (including phenoxy) is 1. The lowest BCUT2D eigenvalue weighted by molar-refractivity contribution is -0.274. The van der Waals surface area contributed by atoms with E-state index in [-0.39, 0.29) is 18.9 Å². The van der Waals surface area contributed by atoms with E-state index in [0.717, 1.165) is 5.56 Å². The van der Waals surface area contributed by atoms with Crippen molar-refractivity contribution in [3.63, 3.8) is 0 Å². The molecule has 2 heterocycles. The molecule has 0 spiro atoms. The molecule has 0 amide bonds. The van der Waals surface area contributed by atoms with Crippen molar-refractivity contribution in [3.05, 3.63) is 54.0 Å².